The Bertz CT molecular complexity index is 662. The number of nitrogens with zero attached hydrogens (tertiary/aromatic N) is 1. The van der Waals surface area contributed by atoms with Crippen molar-refractivity contribution in [1.29, 1.82) is 0 Å². The Morgan fingerprint density at radius 1 is 1.38 bits per heavy atom. The van der Waals surface area contributed by atoms with E-state index >= 15 is 0 Å². The summed E-state index contributed by atoms with van der Waals surface area (Å²) in [6, 6.07) is 6.59. The van der Waals surface area contributed by atoms with Crippen molar-refractivity contribution in [2.75, 3.05) is 11.9 Å². The first-order valence-electron chi connectivity index (χ1n) is 7.91. The van der Waals surface area contributed by atoms with Gasteiger partial charge in [-0.1, -0.05) is 35.8 Å². The molecule has 130 valence electrons. The van der Waals surface area contributed by atoms with E-state index in [9.17, 15) is 14.4 Å². The minimum Gasteiger partial charge on any atom is -0.324 e. The van der Waals surface area contributed by atoms with Gasteiger partial charge in [0.1, 0.15) is 12.1 Å². The number of anilines is 1. The van der Waals surface area contributed by atoms with Crippen LogP contribution >= 0.6 is 15.9 Å². The van der Waals surface area contributed by atoms with Gasteiger partial charge in [0.25, 0.3) is 5.91 Å². The Morgan fingerprint density at radius 3 is 2.71 bits per heavy atom. The van der Waals surface area contributed by atoms with Gasteiger partial charge in [-0.05, 0) is 43.9 Å². The first-order valence-corrected chi connectivity index (χ1v) is 8.70. The highest BCUT2D eigenvalue weighted by Gasteiger charge is 2.47. The number of hydrogen-bond acceptors (Lipinski definition) is 3. The second kappa shape index (κ2) is 7.34. The fourth-order valence-corrected chi connectivity index (χ4v) is 2.95. The summed E-state index contributed by atoms with van der Waals surface area (Å²) in [6.45, 7) is 5.54. The van der Waals surface area contributed by atoms with Crippen molar-refractivity contribution in [2.45, 2.75) is 39.2 Å². The maximum atomic E-state index is 12.5. The second-order valence-corrected chi connectivity index (χ2v) is 7.56. The van der Waals surface area contributed by atoms with E-state index in [1.165, 1.54) is 0 Å². The zero-order valence-corrected chi connectivity index (χ0v) is 15.6. The van der Waals surface area contributed by atoms with Gasteiger partial charge < -0.3 is 10.6 Å². The third-order valence-corrected chi connectivity index (χ3v) is 4.47. The van der Waals surface area contributed by atoms with Crippen LogP contribution in [0, 0.1) is 5.92 Å². The minimum atomic E-state index is -0.933. The van der Waals surface area contributed by atoms with E-state index in [1.807, 2.05) is 6.07 Å². The van der Waals surface area contributed by atoms with E-state index in [4.69, 9.17) is 0 Å². The lowest BCUT2D eigenvalue weighted by Crippen LogP contribution is -2.44. The quantitative estimate of drug-likeness (QED) is 0.726. The number of imide groups is 1. The normalized spacial score (nSPS) is 20.5. The largest absolute Gasteiger partial charge is 0.325 e. The van der Waals surface area contributed by atoms with E-state index in [-0.39, 0.29) is 12.5 Å². The Labute approximate surface area is 150 Å². The van der Waals surface area contributed by atoms with Crippen LogP contribution in [0.3, 0.4) is 0 Å². The molecule has 0 spiro atoms. The van der Waals surface area contributed by atoms with Gasteiger partial charge in [-0.25, -0.2) is 4.79 Å². The van der Waals surface area contributed by atoms with Gasteiger partial charge in [0.05, 0.1) is 0 Å². The molecule has 1 aliphatic rings. The molecule has 0 saturated carbocycles. The lowest BCUT2D eigenvalue weighted by molar-refractivity contribution is -0.133. The predicted molar refractivity (Wildman–Crippen MR) is 95.5 cm³/mol. The van der Waals surface area contributed by atoms with Crippen LogP contribution in [0.5, 0.6) is 0 Å². The summed E-state index contributed by atoms with van der Waals surface area (Å²) in [5.41, 5.74) is -0.332. The van der Waals surface area contributed by atoms with Crippen LogP contribution in [0.2, 0.25) is 0 Å². The van der Waals surface area contributed by atoms with Crippen molar-refractivity contribution in [3.05, 3.63) is 28.7 Å². The molecule has 4 amide bonds. The van der Waals surface area contributed by atoms with Crippen LogP contribution in [-0.2, 0) is 9.59 Å². The number of hydrogen-bond donors (Lipinski definition) is 2. The number of halogens is 1. The molecule has 1 fully saturated rings. The Balaban J connectivity index is 2.00. The minimum absolute atomic E-state index is 0.297. The highest BCUT2D eigenvalue weighted by molar-refractivity contribution is 9.10. The Hall–Kier alpha value is -1.89. The van der Waals surface area contributed by atoms with Crippen molar-refractivity contribution in [1.82, 2.24) is 10.2 Å². The van der Waals surface area contributed by atoms with Gasteiger partial charge in [0.2, 0.25) is 5.91 Å². The van der Waals surface area contributed by atoms with E-state index in [1.54, 1.807) is 25.1 Å². The van der Waals surface area contributed by atoms with Gasteiger partial charge >= 0.3 is 6.03 Å². The first kappa shape index (κ1) is 18.4. The molecule has 2 rings (SSSR count). The number of carbonyl (C=O) groups is 3. The third-order valence-electron chi connectivity index (χ3n) is 3.98. The molecule has 1 aromatic rings. The van der Waals surface area contributed by atoms with Crippen LogP contribution in [0.25, 0.3) is 0 Å². The monoisotopic (exact) mass is 395 g/mol. The summed E-state index contributed by atoms with van der Waals surface area (Å²) in [7, 11) is 0. The van der Waals surface area contributed by atoms with E-state index in [2.05, 4.69) is 40.4 Å². The lowest BCUT2D eigenvalue weighted by Gasteiger charge is -2.22. The van der Waals surface area contributed by atoms with Crippen LogP contribution < -0.4 is 10.6 Å². The fourth-order valence-electron chi connectivity index (χ4n) is 2.55. The van der Waals surface area contributed by atoms with Crippen molar-refractivity contribution in [2.24, 2.45) is 5.92 Å². The highest BCUT2D eigenvalue weighted by Crippen LogP contribution is 2.24. The molecule has 6 nitrogen and oxygen atoms in total. The smallest absolute Gasteiger partial charge is 0.324 e. The van der Waals surface area contributed by atoms with Crippen LogP contribution in [0.1, 0.15) is 33.6 Å². The predicted octanol–water partition coefficient (Wildman–Crippen LogP) is 3.13. The molecule has 2 N–H and O–H groups in total. The van der Waals surface area contributed by atoms with Crippen molar-refractivity contribution in [3.63, 3.8) is 0 Å². The van der Waals surface area contributed by atoms with Crippen molar-refractivity contribution >= 4 is 39.5 Å². The molecule has 1 unspecified atom stereocenters. The maximum absolute atomic E-state index is 12.5. The molecule has 7 heteroatoms. The summed E-state index contributed by atoms with van der Waals surface area (Å²) in [6.07, 6.45) is 1.37. The number of benzene rings is 1. The molecule has 0 bridgehead atoms. The molecule has 0 radical (unpaired) electrons. The van der Waals surface area contributed by atoms with Gasteiger partial charge in [0, 0.05) is 10.2 Å². The lowest BCUT2D eigenvalue weighted by atomic mass is 9.92. The molecular weight excluding hydrogens is 374 g/mol. The fraction of sp³-hybridized carbons (Fsp3) is 0.471. The molecule has 0 aromatic heterocycles. The number of urea groups is 1. The maximum Gasteiger partial charge on any atom is 0.325 e. The molecular formula is C17H22BrN3O3. The Kier molecular flexibility index (Phi) is 5.64. The van der Waals surface area contributed by atoms with Crippen LogP contribution in [0.15, 0.2) is 28.7 Å². The van der Waals surface area contributed by atoms with Gasteiger partial charge in [-0.3, -0.25) is 14.5 Å². The third kappa shape index (κ3) is 4.35. The summed E-state index contributed by atoms with van der Waals surface area (Å²) >= 11 is 3.32. The molecule has 1 heterocycles. The van der Waals surface area contributed by atoms with E-state index in [0.717, 1.165) is 15.8 Å². The van der Waals surface area contributed by atoms with Crippen molar-refractivity contribution < 1.29 is 14.4 Å². The highest BCUT2D eigenvalue weighted by atomic mass is 79.9. The van der Waals surface area contributed by atoms with Crippen molar-refractivity contribution in [3.8, 4) is 0 Å². The number of amides is 4. The molecule has 1 aliphatic heterocycles. The summed E-state index contributed by atoms with van der Waals surface area (Å²) in [5.74, 6) is -0.331. The molecule has 1 aromatic carbocycles. The SMILES string of the molecule is CC(C)CCC1(C)NC(=O)N(CC(=O)Nc2cccc(Br)c2)C1=O. The zero-order valence-electron chi connectivity index (χ0n) is 14.1. The number of nitrogens with one attached hydrogen (secondary N) is 2. The van der Waals surface area contributed by atoms with Crippen LogP contribution in [-0.4, -0.2) is 34.8 Å². The Morgan fingerprint density at radius 2 is 2.08 bits per heavy atom. The molecule has 0 aliphatic carbocycles. The number of carbonyl (C=O) groups excluding carboxylic acids is 3. The first-order chi connectivity index (χ1) is 11.2. The number of rotatable bonds is 6. The summed E-state index contributed by atoms with van der Waals surface area (Å²) in [5, 5.41) is 5.40. The molecule has 1 atom stereocenters. The molecule has 24 heavy (non-hydrogen) atoms. The second-order valence-electron chi connectivity index (χ2n) is 6.64. The van der Waals surface area contributed by atoms with E-state index in [0.29, 0.717) is 18.0 Å². The average Bonchev–Trinajstić information content (AvgIpc) is 2.69. The standard InChI is InChI=1S/C17H22BrN3O3/c1-11(2)7-8-17(3)15(23)21(16(24)20-17)10-14(22)19-13-6-4-5-12(18)9-13/h4-6,9,11H,7-8,10H2,1-3H3,(H,19,22)(H,20,24). The molecule has 1 saturated heterocycles. The van der Waals surface area contributed by atoms with E-state index < -0.39 is 17.5 Å². The van der Waals surface area contributed by atoms with Gasteiger partial charge in [-0.15, -0.1) is 0 Å². The average molecular weight is 396 g/mol. The van der Waals surface area contributed by atoms with Gasteiger partial charge in [-0.2, -0.15) is 0 Å². The topological polar surface area (TPSA) is 78.5 Å². The van der Waals surface area contributed by atoms with Crippen LogP contribution in [0.4, 0.5) is 10.5 Å². The summed E-state index contributed by atoms with van der Waals surface area (Å²) in [4.78, 5) is 37.8. The summed E-state index contributed by atoms with van der Waals surface area (Å²) < 4.78 is 0.830. The van der Waals surface area contributed by atoms with Gasteiger partial charge in [0.15, 0.2) is 0 Å². The zero-order chi connectivity index (χ0) is 17.9.